The number of hydrogen-bond donors (Lipinski definition) is 1. The average molecular weight is 366 g/mol. The van der Waals surface area contributed by atoms with E-state index in [4.69, 9.17) is 8.94 Å². The Labute approximate surface area is 157 Å². The predicted molar refractivity (Wildman–Crippen MR) is 98.3 cm³/mol. The van der Waals surface area contributed by atoms with Crippen LogP contribution < -0.4 is 5.32 Å². The third-order valence-corrected chi connectivity index (χ3v) is 4.88. The molecule has 1 N–H and O–H groups in total. The van der Waals surface area contributed by atoms with Gasteiger partial charge in [0.2, 0.25) is 18.1 Å². The topological polar surface area (TPSA) is 84.4 Å². The number of nitrogens with one attached hydrogen (secondary N) is 1. The van der Waals surface area contributed by atoms with Gasteiger partial charge in [-0.05, 0) is 37.1 Å². The van der Waals surface area contributed by atoms with Gasteiger partial charge in [0.05, 0.1) is 18.7 Å². The molecule has 4 rings (SSSR count). The Balaban J connectivity index is 1.28. The highest BCUT2D eigenvalue weighted by Gasteiger charge is 2.26. The van der Waals surface area contributed by atoms with Gasteiger partial charge >= 0.3 is 0 Å². The number of carbonyl (C=O) groups is 1. The van der Waals surface area contributed by atoms with Gasteiger partial charge in [0.25, 0.3) is 0 Å². The zero-order valence-corrected chi connectivity index (χ0v) is 15.0. The third-order valence-electron chi connectivity index (χ3n) is 4.88. The summed E-state index contributed by atoms with van der Waals surface area (Å²) in [5.41, 5.74) is 1.93. The monoisotopic (exact) mass is 366 g/mol. The Bertz CT molecular complexity index is 844. The van der Waals surface area contributed by atoms with E-state index in [0.29, 0.717) is 12.4 Å². The smallest absolute Gasteiger partial charge is 0.224 e. The molecule has 1 saturated heterocycles. The number of rotatable bonds is 6. The third kappa shape index (κ3) is 4.43. The minimum Gasteiger partial charge on any atom is -0.468 e. The van der Waals surface area contributed by atoms with Gasteiger partial charge in [-0.25, -0.2) is 0 Å². The zero-order valence-electron chi connectivity index (χ0n) is 15.0. The number of carbonyl (C=O) groups excluding carboxylic acids is 1. The Morgan fingerprint density at radius 3 is 2.89 bits per heavy atom. The van der Waals surface area contributed by atoms with E-state index in [-0.39, 0.29) is 11.8 Å². The molecule has 3 aromatic rings. The molecule has 140 valence electrons. The molecule has 7 nitrogen and oxygen atoms in total. The molecule has 7 heteroatoms. The summed E-state index contributed by atoms with van der Waals surface area (Å²) >= 11 is 0. The maximum absolute atomic E-state index is 12.6. The Kier molecular flexibility index (Phi) is 5.29. The van der Waals surface area contributed by atoms with Crippen molar-refractivity contribution < 1.29 is 13.7 Å². The quantitative estimate of drug-likeness (QED) is 0.722. The maximum atomic E-state index is 12.6. The molecule has 27 heavy (non-hydrogen) atoms. The van der Waals surface area contributed by atoms with E-state index in [1.54, 1.807) is 6.26 Å². The molecule has 0 saturated carbocycles. The van der Waals surface area contributed by atoms with Gasteiger partial charge < -0.3 is 14.3 Å². The van der Waals surface area contributed by atoms with E-state index in [1.165, 1.54) is 6.39 Å². The molecular weight excluding hydrogens is 344 g/mol. The van der Waals surface area contributed by atoms with Crippen LogP contribution in [-0.2, 0) is 17.9 Å². The van der Waals surface area contributed by atoms with E-state index in [9.17, 15) is 4.79 Å². The Morgan fingerprint density at radius 2 is 2.15 bits per heavy atom. The Morgan fingerprint density at radius 1 is 1.26 bits per heavy atom. The number of amides is 1. The van der Waals surface area contributed by atoms with Crippen LogP contribution in [0.4, 0.5) is 0 Å². The summed E-state index contributed by atoms with van der Waals surface area (Å²) in [6, 6.07) is 11.7. The fourth-order valence-electron chi connectivity index (χ4n) is 3.44. The summed E-state index contributed by atoms with van der Waals surface area (Å²) in [4.78, 5) is 18.9. The van der Waals surface area contributed by atoms with E-state index < -0.39 is 0 Å². The van der Waals surface area contributed by atoms with Crippen molar-refractivity contribution in [3.63, 3.8) is 0 Å². The number of benzene rings is 1. The fraction of sp³-hybridized carbons (Fsp3) is 0.350. The largest absolute Gasteiger partial charge is 0.468 e. The number of hydrogen-bond acceptors (Lipinski definition) is 6. The summed E-state index contributed by atoms with van der Waals surface area (Å²) in [5.74, 6) is 1.64. The number of piperidine rings is 1. The lowest BCUT2D eigenvalue weighted by Gasteiger charge is -2.31. The van der Waals surface area contributed by atoms with Crippen LogP contribution in [-0.4, -0.2) is 34.0 Å². The molecule has 1 aromatic carbocycles. The summed E-state index contributed by atoms with van der Waals surface area (Å²) in [5, 5.41) is 6.88. The second-order valence-electron chi connectivity index (χ2n) is 6.82. The van der Waals surface area contributed by atoms with Gasteiger partial charge in [-0.2, -0.15) is 4.98 Å². The summed E-state index contributed by atoms with van der Waals surface area (Å²) in [6.45, 7) is 3.04. The van der Waals surface area contributed by atoms with Gasteiger partial charge in [0, 0.05) is 18.7 Å². The average Bonchev–Trinajstić information content (AvgIpc) is 3.41. The fourth-order valence-corrected chi connectivity index (χ4v) is 3.44. The van der Waals surface area contributed by atoms with Crippen LogP contribution >= 0.6 is 0 Å². The molecule has 0 bridgehead atoms. The highest BCUT2D eigenvalue weighted by atomic mass is 16.5. The lowest BCUT2D eigenvalue weighted by Crippen LogP contribution is -2.42. The summed E-state index contributed by atoms with van der Waals surface area (Å²) < 4.78 is 10.2. The second kappa shape index (κ2) is 8.18. The molecule has 0 spiro atoms. The van der Waals surface area contributed by atoms with E-state index in [0.717, 1.165) is 49.4 Å². The standard InChI is InChI=1S/C20H22N4O3/c25-20(17-3-1-9-24(12-17)13-18-4-2-10-26-18)21-11-15-5-7-16(8-6-15)19-22-14-27-23-19/h2,4-8,10,14,17H,1,3,9,11-13H2,(H,21,25). The minimum absolute atomic E-state index is 0.0207. The summed E-state index contributed by atoms with van der Waals surface area (Å²) in [6.07, 6.45) is 4.95. The van der Waals surface area contributed by atoms with Crippen molar-refractivity contribution in [3.05, 3.63) is 60.4 Å². The normalized spacial score (nSPS) is 17.7. The van der Waals surface area contributed by atoms with Crippen LogP contribution in [0.1, 0.15) is 24.2 Å². The van der Waals surface area contributed by atoms with Crippen LogP contribution in [0.25, 0.3) is 11.4 Å². The molecule has 3 heterocycles. The van der Waals surface area contributed by atoms with Gasteiger partial charge in [0.15, 0.2) is 0 Å². The maximum Gasteiger partial charge on any atom is 0.224 e. The molecule has 1 amide bonds. The van der Waals surface area contributed by atoms with Gasteiger partial charge in [-0.3, -0.25) is 9.69 Å². The number of furan rings is 1. The van der Waals surface area contributed by atoms with Crippen LogP contribution in [0.2, 0.25) is 0 Å². The molecule has 1 atom stereocenters. The van der Waals surface area contributed by atoms with Gasteiger partial charge in [0.1, 0.15) is 5.76 Å². The first kappa shape index (κ1) is 17.5. The Hall–Kier alpha value is -2.93. The van der Waals surface area contributed by atoms with Crippen LogP contribution in [0.15, 0.2) is 58.0 Å². The number of likely N-dealkylation sites (tertiary alicyclic amines) is 1. The lowest BCUT2D eigenvalue weighted by molar-refractivity contribution is -0.127. The van der Waals surface area contributed by atoms with E-state index >= 15 is 0 Å². The van der Waals surface area contributed by atoms with Crippen molar-refractivity contribution in [1.29, 1.82) is 0 Å². The number of aromatic nitrogens is 2. The van der Waals surface area contributed by atoms with Crippen molar-refractivity contribution in [2.75, 3.05) is 13.1 Å². The molecule has 1 fully saturated rings. The number of nitrogens with zero attached hydrogens (tertiary/aromatic N) is 3. The van der Waals surface area contributed by atoms with Crippen LogP contribution in [0, 0.1) is 5.92 Å². The van der Waals surface area contributed by atoms with Crippen LogP contribution in [0.5, 0.6) is 0 Å². The minimum atomic E-state index is 0.0207. The van der Waals surface area contributed by atoms with E-state index in [1.807, 2.05) is 36.4 Å². The van der Waals surface area contributed by atoms with E-state index in [2.05, 4.69) is 20.4 Å². The molecule has 0 radical (unpaired) electrons. The molecule has 1 aliphatic heterocycles. The SMILES string of the molecule is O=C(NCc1ccc(-c2ncon2)cc1)C1CCCN(Cc2ccco2)C1. The van der Waals surface area contributed by atoms with Crippen molar-refractivity contribution in [3.8, 4) is 11.4 Å². The molecule has 1 unspecified atom stereocenters. The lowest BCUT2D eigenvalue weighted by atomic mass is 9.97. The van der Waals surface area contributed by atoms with Crippen molar-refractivity contribution in [2.45, 2.75) is 25.9 Å². The van der Waals surface area contributed by atoms with Gasteiger partial charge in [-0.15, -0.1) is 0 Å². The second-order valence-corrected chi connectivity index (χ2v) is 6.82. The zero-order chi connectivity index (χ0) is 18.5. The first-order valence-electron chi connectivity index (χ1n) is 9.16. The first-order valence-corrected chi connectivity index (χ1v) is 9.16. The molecule has 1 aliphatic rings. The van der Waals surface area contributed by atoms with Gasteiger partial charge in [-0.1, -0.05) is 29.4 Å². The van der Waals surface area contributed by atoms with Crippen molar-refractivity contribution >= 4 is 5.91 Å². The predicted octanol–water partition coefficient (Wildman–Crippen LogP) is 2.86. The molecule has 0 aliphatic carbocycles. The van der Waals surface area contributed by atoms with Crippen molar-refractivity contribution in [2.24, 2.45) is 5.92 Å². The first-order chi connectivity index (χ1) is 13.3. The highest BCUT2D eigenvalue weighted by Crippen LogP contribution is 2.19. The summed E-state index contributed by atoms with van der Waals surface area (Å²) in [7, 11) is 0. The van der Waals surface area contributed by atoms with Crippen molar-refractivity contribution in [1.82, 2.24) is 20.4 Å². The molecule has 2 aromatic heterocycles. The molecular formula is C20H22N4O3. The van der Waals surface area contributed by atoms with Crippen LogP contribution in [0.3, 0.4) is 0 Å². The highest BCUT2D eigenvalue weighted by molar-refractivity contribution is 5.79.